The average Bonchev–Trinajstić information content (AvgIpc) is 2.43. The first-order valence-electron chi connectivity index (χ1n) is 8.99. The molecule has 0 bridgehead atoms. The van der Waals surface area contributed by atoms with Gasteiger partial charge in [0.15, 0.2) is 0 Å². The normalized spacial score (nSPS) is 26.4. The fourth-order valence-electron chi connectivity index (χ4n) is 3.55. The van der Waals surface area contributed by atoms with E-state index in [0.29, 0.717) is 6.04 Å². The molecule has 0 amide bonds. The van der Waals surface area contributed by atoms with Crippen LogP contribution in [0.25, 0.3) is 0 Å². The molecule has 1 aliphatic heterocycles. The molecular formula is C18H38N2. The van der Waals surface area contributed by atoms with E-state index in [0.717, 1.165) is 23.8 Å². The number of piperazine rings is 1. The van der Waals surface area contributed by atoms with Gasteiger partial charge in [0.1, 0.15) is 0 Å². The highest BCUT2D eigenvalue weighted by Crippen LogP contribution is 2.23. The minimum absolute atomic E-state index is 0.699. The topological polar surface area (TPSA) is 15.3 Å². The van der Waals surface area contributed by atoms with E-state index in [1.807, 2.05) is 0 Å². The van der Waals surface area contributed by atoms with E-state index in [2.05, 4.69) is 51.8 Å². The molecule has 1 rings (SSSR count). The first-order valence-corrected chi connectivity index (χ1v) is 8.99. The van der Waals surface area contributed by atoms with Gasteiger partial charge in [-0.05, 0) is 24.2 Å². The van der Waals surface area contributed by atoms with Crippen LogP contribution in [0.1, 0.15) is 67.2 Å². The van der Waals surface area contributed by atoms with Crippen molar-refractivity contribution in [1.29, 1.82) is 0 Å². The Morgan fingerprint density at radius 2 is 1.70 bits per heavy atom. The van der Waals surface area contributed by atoms with Crippen molar-refractivity contribution in [3.05, 3.63) is 0 Å². The molecule has 120 valence electrons. The van der Waals surface area contributed by atoms with Crippen LogP contribution in [0.15, 0.2) is 0 Å². The minimum atomic E-state index is 0.699. The lowest BCUT2D eigenvalue weighted by atomic mass is 9.90. The predicted molar refractivity (Wildman–Crippen MR) is 90.1 cm³/mol. The summed E-state index contributed by atoms with van der Waals surface area (Å²) in [4.78, 5) is 2.81. The zero-order chi connectivity index (χ0) is 15.1. The highest BCUT2D eigenvalue weighted by molar-refractivity contribution is 4.89. The lowest BCUT2D eigenvalue weighted by Gasteiger charge is -2.44. The number of hydrogen-bond acceptors (Lipinski definition) is 2. The van der Waals surface area contributed by atoms with Crippen molar-refractivity contribution in [3.8, 4) is 0 Å². The van der Waals surface area contributed by atoms with Crippen LogP contribution in [0, 0.1) is 17.8 Å². The summed E-state index contributed by atoms with van der Waals surface area (Å²) in [6.07, 6.45) is 5.25. The van der Waals surface area contributed by atoms with Gasteiger partial charge < -0.3 is 5.32 Å². The van der Waals surface area contributed by atoms with Crippen LogP contribution < -0.4 is 5.32 Å². The number of hydrogen-bond donors (Lipinski definition) is 1. The molecule has 3 atom stereocenters. The largest absolute Gasteiger partial charge is 0.311 e. The van der Waals surface area contributed by atoms with Gasteiger partial charge in [-0.15, -0.1) is 0 Å². The molecule has 1 heterocycles. The van der Waals surface area contributed by atoms with Gasteiger partial charge in [-0.1, -0.05) is 60.8 Å². The summed E-state index contributed by atoms with van der Waals surface area (Å²) < 4.78 is 0. The summed E-state index contributed by atoms with van der Waals surface area (Å²) in [5, 5.41) is 3.81. The van der Waals surface area contributed by atoms with Gasteiger partial charge in [0.05, 0.1) is 0 Å². The first-order chi connectivity index (χ1) is 9.51. The summed E-state index contributed by atoms with van der Waals surface area (Å²) in [6.45, 7) is 17.9. The lowest BCUT2D eigenvalue weighted by Crippen LogP contribution is -2.59. The van der Waals surface area contributed by atoms with Crippen molar-refractivity contribution >= 4 is 0 Å². The van der Waals surface area contributed by atoms with Crippen LogP contribution in [0.2, 0.25) is 0 Å². The maximum Gasteiger partial charge on any atom is 0.0246 e. The monoisotopic (exact) mass is 282 g/mol. The van der Waals surface area contributed by atoms with Gasteiger partial charge in [0.25, 0.3) is 0 Å². The molecule has 3 unspecified atom stereocenters. The molecule has 1 saturated heterocycles. The van der Waals surface area contributed by atoms with E-state index in [-0.39, 0.29) is 0 Å². The fraction of sp³-hybridized carbons (Fsp3) is 1.00. The Bertz CT molecular complexity index is 248. The molecule has 1 aliphatic rings. The highest BCUT2D eigenvalue weighted by Gasteiger charge is 2.31. The van der Waals surface area contributed by atoms with Gasteiger partial charge >= 0.3 is 0 Å². The maximum atomic E-state index is 3.81. The lowest BCUT2D eigenvalue weighted by molar-refractivity contribution is 0.0687. The van der Waals surface area contributed by atoms with Crippen molar-refractivity contribution in [2.45, 2.75) is 79.3 Å². The van der Waals surface area contributed by atoms with E-state index in [1.165, 1.54) is 45.3 Å². The van der Waals surface area contributed by atoms with Crippen LogP contribution in [0.3, 0.4) is 0 Å². The van der Waals surface area contributed by atoms with Gasteiger partial charge in [-0.25, -0.2) is 0 Å². The Morgan fingerprint density at radius 3 is 2.20 bits per heavy atom. The third-order valence-electron chi connectivity index (χ3n) is 5.24. The van der Waals surface area contributed by atoms with E-state index in [1.54, 1.807) is 0 Å². The number of nitrogens with one attached hydrogen (secondary N) is 1. The zero-order valence-electron chi connectivity index (χ0n) is 14.8. The molecule has 2 heteroatoms. The second-order valence-electron chi connectivity index (χ2n) is 7.32. The molecule has 20 heavy (non-hydrogen) atoms. The van der Waals surface area contributed by atoms with Crippen LogP contribution in [0.5, 0.6) is 0 Å². The van der Waals surface area contributed by atoms with Crippen LogP contribution in [-0.4, -0.2) is 36.6 Å². The molecular weight excluding hydrogens is 244 g/mol. The van der Waals surface area contributed by atoms with Crippen LogP contribution in [-0.2, 0) is 0 Å². The van der Waals surface area contributed by atoms with Crippen LogP contribution >= 0.6 is 0 Å². The Balaban J connectivity index is 2.66. The predicted octanol–water partition coefficient (Wildman–Crippen LogP) is 4.16. The van der Waals surface area contributed by atoms with Crippen LogP contribution in [0.4, 0.5) is 0 Å². The van der Waals surface area contributed by atoms with E-state index < -0.39 is 0 Å². The third-order valence-corrected chi connectivity index (χ3v) is 5.24. The summed E-state index contributed by atoms with van der Waals surface area (Å²) in [7, 11) is 0. The quantitative estimate of drug-likeness (QED) is 0.719. The molecule has 2 nitrogen and oxygen atoms in total. The smallest absolute Gasteiger partial charge is 0.0246 e. The summed E-state index contributed by atoms with van der Waals surface area (Å²) >= 11 is 0. The van der Waals surface area contributed by atoms with E-state index in [9.17, 15) is 0 Å². The Labute approximate surface area is 127 Å². The number of rotatable bonds is 8. The van der Waals surface area contributed by atoms with Crippen molar-refractivity contribution in [1.82, 2.24) is 10.2 Å². The molecule has 0 saturated carbocycles. The summed E-state index contributed by atoms with van der Waals surface area (Å²) in [5.41, 5.74) is 0. The Morgan fingerprint density at radius 1 is 1.05 bits per heavy atom. The average molecular weight is 283 g/mol. The Kier molecular flexibility index (Phi) is 8.13. The van der Waals surface area contributed by atoms with Gasteiger partial charge in [0.2, 0.25) is 0 Å². The maximum absolute atomic E-state index is 3.81. The SMILES string of the molecule is CCC(CC)CN1CC(CC(C)C)NCC1C(C)CC. The second-order valence-corrected chi connectivity index (χ2v) is 7.32. The molecule has 0 spiro atoms. The highest BCUT2D eigenvalue weighted by atomic mass is 15.2. The van der Waals surface area contributed by atoms with Crippen molar-refractivity contribution in [2.75, 3.05) is 19.6 Å². The molecule has 0 aromatic heterocycles. The van der Waals surface area contributed by atoms with Gasteiger partial charge in [0, 0.05) is 31.7 Å². The third kappa shape index (κ3) is 5.37. The molecule has 0 aliphatic carbocycles. The van der Waals surface area contributed by atoms with E-state index in [4.69, 9.17) is 0 Å². The minimum Gasteiger partial charge on any atom is -0.311 e. The zero-order valence-corrected chi connectivity index (χ0v) is 14.8. The summed E-state index contributed by atoms with van der Waals surface area (Å²) in [5.74, 6) is 2.47. The number of nitrogens with zero attached hydrogens (tertiary/aromatic N) is 1. The first kappa shape index (κ1) is 18.0. The molecule has 1 N–H and O–H groups in total. The molecule has 1 fully saturated rings. The summed E-state index contributed by atoms with van der Waals surface area (Å²) in [6, 6.07) is 1.44. The van der Waals surface area contributed by atoms with Gasteiger partial charge in [-0.2, -0.15) is 0 Å². The molecule has 0 radical (unpaired) electrons. The second kappa shape index (κ2) is 9.04. The molecule has 0 aromatic rings. The van der Waals surface area contributed by atoms with Gasteiger partial charge in [-0.3, -0.25) is 4.90 Å². The van der Waals surface area contributed by atoms with Crippen molar-refractivity contribution < 1.29 is 0 Å². The van der Waals surface area contributed by atoms with Crippen molar-refractivity contribution in [2.24, 2.45) is 17.8 Å². The Hall–Kier alpha value is -0.0800. The standard InChI is InChI=1S/C18H38N2/c1-7-15(6)18-11-19-17(10-14(4)5)13-20(18)12-16(8-2)9-3/h14-19H,7-13H2,1-6H3. The molecule has 0 aromatic carbocycles. The fourth-order valence-corrected chi connectivity index (χ4v) is 3.55. The van der Waals surface area contributed by atoms with Crippen molar-refractivity contribution in [3.63, 3.8) is 0 Å². The van der Waals surface area contributed by atoms with E-state index >= 15 is 0 Å².